The van der Waals surface area contributed by atoms with Crippen molar-refractivity contribution in [3.8, 4) is 0 Å². The van der Waals surface area contributed by atoms with E-state index in [4.69, 9.17) is 0 Å². The number of aliphatic carboxylic acids is 1. The second-order valence-corrected chi connectivity index (χ2v) is 14.2. The van der Waals surface area contributed by atoms with Crippen molar-refractivity contribution in [1.82, 2.24) is 15.2 Å². The van der Waals surface area contributed by atoms with Crippen LogP contribution in [-0.4, -0.2) is 39.0 Å². The summed E-state index contributed by atoms with van der Waals surface area (Å²) in [6.45, 7) is 10.4. The quantitative estimate of drug-likeness (QED) is 0.369. The summed E-state index contributed by atoms with van der Waals surface area (Å²) in [5, 5.41) is 15.5. The number of rotatable bonds is 8. The molecule has 218 valence electrons. The van der Waals surface area contributed by atoms with E-state index in [-0.39, 0.29) is 40.6 Å². The Kier molecular flexibility index (Phi) is 7.79. The molecule has 1 unspecified atom stereocenters. The zero-order chi connectivity index (χ0) is 28.8. The fraction of sp³-hybridized carbons (Fsp3) is 0.667. The van der Waals surface area contributed by atoms with Gasteiger partial charge in [-0.1, -0.05) is 44.6 Å². The molecule has 1 atom stereocenters. The maximum absolute atomic E-state index is 13.5. The third-order valence-corrected chi connectivity index (χ3v) is 9.68. The van der Waals surface area contributed by atoms with Gasteiger partial charge in [0.2, 0.25) is 5.91 Å². The van der Waals surface area contributed by atoms with E-state index in [1.54, 1.807) is 0 Å². The van der Waals surface area contributed by atoms with E-state index < -0.39 is 5.97 Å². The van der Waals surface area contributed by atoms with Gasteiger partial charge in [-0.25, -0.2) is 0 Å². The summed E-state index contributed by atoms with van der Waals surface area (Å²) in [5.41, 5.74) is 4.97. The van der Waals surface area contributed by atoms with Gasteiger partial charge in [-0.3, -0.25) is 14.4 Å². The highest BCUT2D eigenvalue weighted by atomic mass is 16.4. The van der Waals surface area contributed by atoms with E-state index in [1.165, 1.54) is 37.7 Å². The SMILES string of the molecule is Cc1c(C(=O)NC2CC(C(=O)O)C2)cn(C2=CC(C(=O)NC(C)(C)C)CC(C3(C)CC3)=C2)c1CC1CCCCC1. The predicted octanol–water partition coefficient (Wildman–Crippen LogP) is 6.01. The van der Waals surface area contributed by atoms with E-state index in [2.05, 4.69) is 34.3 Å². The molecule has 1 heterocycles. The van der Waals surface area contributed by atoms with Crippen molar-refractivity contribution in [1.29, 1.82) is 0 Å². The molecule has 0 saturated heterocycles. The molecule has 3 saturated carbocycles. The number of carboxylic acids is 1. The number of carbonyl (C=O) groups excluding carboxylic acids is 2. The standard InChI is InChI=1S/C33H47N3O4/c1-20-27(30(38)34-25-15-23(16-25)31(39)40)19-36(28(20)13-21-9-7-6-8-10-21)26-17-22(29(37)35-32(2,3)4)14-24(18-26)33(5)11-12-33/h17-19,21-23,25H,6-16H2,1-5H3,(H,34,38)(H,35,37)(H,39,40). The lowest BCUT2D eigenvalue weighted by atomic mass is 9.80. The zero-order valence-corrected chi connectivity index (χ0v) is 24.9. The molecule has 2 amide bonds. The lowest BCUT2D eigenvalue weighted by Crippen LogP contribution is -2.46. The molecule has 1 aromatic heterocycles. The Labute approximate surface area is 238 Å². The molecule has 7 nitrogen and oxygen atoms in total. The van der Waals surface area contributed by atoms with Gasteiger partial charge < -0.3 is 20.3 Å². The maximum atomic E-state index is 13.5. The number of nitrogens with zero attached hydrogens (tertiary/aromatic N) is 1. The first kappa shape index (κ1) is 28.7. The molecule has 0 aromatic carbocycles. The largest absolute Gasteiger partial charge is 0.481 e. The number of hydrogen-bond donors (Lipinski definition) is 3. The molecule has 0 aliphatic heterocycles. The van der Waals surface area contributed by atoms with Gasteiger partial charge in [-0.05, 0) is 95.3 Å². The van der Waals surface area contributed by atoms with E-state index >= 15 is 0 Å². The summed E-state index contributed by atoms with van der Waals surface area (Å²) in [6, 6.07) is -0.0983. The van der Waals surface area contributed by atoms with Crippen molar-refractivity contribution in [2.75, 3.05) is 0 Å². The fourth-order valence-electron chi connectivity index (χ4n) is 6.71. The first-order valence-corrected chi connectivity index (χ1v) is 15.3. The average Bonchev–Trinajstić information content (AvgIpc) is 3.54. The molecular formula is C33H47N3O4. The van der Waals surface area contributed by atoms with Gasteiger partial charge in [0.05, 0.1) is 17.4 Å². The molecule has 4 aliphatic rings. The van der Waals surface area contributed by atoms with Crippen LogP contribution in [0.2, 0.25) is 0 Å². The van der Waals surface area contributed by atoms with Crippen molar-refractivity contribution >= 4 is 23.5 Å². The average molecular weight is 550 g/mol. The van der Waals surface area contributed by atoms with Crippen molar-refractivity contribution < 1.29 is 19.5 Å². The third kappa shape index (κ3) is 6.23. The van der Waals surface area contributed by atoms with Gasteiger partial charge >= 0.3 is 5.97 Å². The second-order valence-electron chi connectivity index (χ2n) is 14.2. The Balaban J connectivity index is 1.49. The van der Waals surface area contributed by atoms with Crippen LogP contribution in [0, 0.1) is 30.1 Å². The monoisotopic (exact) mass is 549 g/mol. The molecule has 1 aromatic rings. The molecular weight excluding hydrogens is 502 g/mol. The minimum atomic E-state index is -0.788. The molecule has 7 heteroatoms. The van der Waals surface area contributed by atoms with Crippen LogP contribution in [0.4, 0.5) is 0 Å². The second kappa shape index (κ2) is 10.9. The molecule has 3 N–H and O–H groups in total. The normalized spacial score (nSPS) is 26.3. The van der Waals surface area contributed by atoms with Crippen LogP contribution in [0.5, 0.6) is 0 Å². The Morgan fingerprint density at radius 1 is 1.10 bits per heavy atom. The minimum Gasteiger partial charge on any atom is -0.481 e. The first-order valence-electron chi connectivity index (χ1n) is 15.3. The van der Waals surface area contributed by atoms with Crippen LogP contribution in [0.25, 0.3) is 5.70 Å². The van der Waals surface area contributed by atoms with Crippen LogP contribution in [-0.2, 0) is 16.0 Å². The third-order valence-electron chi connectivity index (χ3n) is 9.68. The van der Waals surface area contributed by atoms with E-state index in [1.807, 2.05) is 33.9 Å². The highest BCUT2D eigenvalue weighted by molar-refractivity contribution is 5.97. The van der Waals surface area contributed by atoms with E-state index in [0.717, 1.165) is 42.6 Å². The maximum Gasteiger partial charge on any atom is 0.306 e. The van der Waals surface area contributed by atoms with Gasteiger partial charge in [0.1, 0.15) is 0 Å². The van der Waals surface area contributed by atoms with Crippen molar-refractivity contribution in [2.24, 2.45) is 23.2 Å². The van der Waals surface area contributed by atoms with E-state index in [9.17, 15) is 19.5 Å². The molecule has 5 rings (SSSR count). The number of carboxylic acid groups (broad SMARTS) is 1. The summed E-state index contributed by atoms with van der Waals surface area (Å²) in [4.78, 5) is 38.1. The Morgan fingerprint density at radius 3 is 2.38 bits per heavy atom. The molecule has 0 spiro atoms. The van der Waals surface area contributed by atoms with Gasteiger partial charge in [-0.15, -0.1) is 0 Å². The van der Waals surface area contributed by atoms with Gasteiger partial charge in [0.25, 0.3) is 5.91 Å². The van der Waals surface area contributed by atoms with Crippen molar-refractivity contribution in [3.05, 3.63) is 40.7 Å². The minimum absolute atomic E-state index is 0.0495. The lowest BCUT2D eigenvalue weighted by Gasteiger charge is -2.32. The predicted molar refractivity (Wildman–Crippen MR) is 157 cm³/mol. The van der Waals surface area contributed by atoms with Gasteiger partial charge in [0.15, 0.2) is 0 Å². The molecule has 3 fully saturated rings. The first-order chi connectivity index (χ1) is 18.8. The molecule has 0 radical (unpaired) electrons. The molecule has 4 aliphatic carbocycles. The summed E-state index contributed by atoms with van der Waals surface area (Å²) in [6.07, 6.45) is 17.5. The Bertz CT molecular complexity index is 1230. The highest BCUT2D eigenvalue weighted by Crippen LogP contribution is 2.54. The summed E-state index contributed by atoms with van der Waals surface area (Å²) >= 11 is 0. The van der Waals surface area contributed by atoms with E-state index in [0.29, 0.717) is 24.3 Å². The summed E-state index contributed by atoms with van der Waals surface area (Å²) in [5.74, 6) is -0.900. The number of hydrogen-bond acceptors (Lipinski definition) is 3. The van der Waals surface area contributed by atoms with Crippen LogP contribution >= 0.6 is 0 Å². The van der Waals surface area contributed by atoms with Crippen molar-refractivity contribution in [2.45, 2.75) is 117 Å². The Hall–Kier alpha value is -2.83. The van der Waals surface area contributed by atoms with Crippen LogP contribution in [0.3, 0.4) is 0 Å². The molecule has 0 bridgehead atoms. The van der Waals surface area contributed by atoms with Gasteiger partial charge in [0, 0.05) is 29.2 Å². The van der Waals surface area contributed by atoms with Gasteiger partial charge in [-0.2, -0.15) is 0 Å². The Morgan fingerprint density at radius 2 is 1.77 bits per heavy atom. The number of carbonyl (C=O) groups is 3. The van der Waals surface area contributed by atoms with Crippen LogP contribution in [0.1, 0.15) is 114 Å². The number of amides is 2. The van der Waals surface area contributed by atoms with Crippen LogP contribution < -0.4 is 10.6 Å². The van der Waals surface area contributed by atoms with Crippen LogP contribution in [0.15, 0.2) is 23.9 Å². The summed E-state index contributed by atoms with van der Waals surface area (Å²) < 4.78 is 2.20. The molecule has 40 heavy (non-hydrogen) atoms. The number of aromatic nitrogens is 1. The fourth-order valence-corrected chi connectivity index (χ4v) is 6.71. The number of allylic oxidation sites excluding steroid dienone is 3. The summed E-state index contributed by atoms with van der Waals surface area (Å²) in [7, 11) is 0. The number of nitrogens with one attached hydrogen (secondary N) is 2. The zero-order valence-electron chi connectivity index (χ0n) is 24.9. The lowest BCUT2D eigenvalue weighted by molar-refractivity contribution is -0.145. The highest BCUT2D eigenvalue weighted by Gasteiger charge is 2.43. The smallest absolute Gasteiger partial charge is 0.306 e. The van der Waals surface area contributed by atoms with Crippen molar-refractivity contribution in [3.63, 3.8) is 0 Å². The topological polar surface area (TPSA) is 100 Å².